The van der Waals surface area contributed by atoms with Gasteiger partial charge in [0.05, 0.1) is 0 Å². The highest BCUT2D eigenvalue weighted by Gasteiger charge is 2.31. The Morgan fingerprint density at radius 2 is 0.482 bits per heavy atom. The molecule has 0 spiro atoms. The molecule has 0 unspecified atom stereocenters. The van der Waals surface area contributed by atoms with E-state index in [2.05, 4.69) is 215 Å². The van der Waals surface area contributed by atoms with E-state index in [0.29, 0.717) is 0 Å². The maximum atomic E-state index is 2.38. The first-order valence-corrected chi connectivity index (χ1v) is 21.8. The first kappa shape index (κ1) is 39.7. The minimum Gasteiger partial charge on any atom is -0.144 e. The van der Waals surface area contributed by atoms with Gasteiger partial charge in [0.2, 0.25) is 0 Å². The van der Waals surface area contributed by atoms with E-state index in [1.54, 1.807) is 0 Å². The predicted molar refractivity (Wildman–Crippen MR) is 250 cm³/mol. The lowest BCUT2D eigenvalue weighted by Gasteiger charge is -2.29. The van der Waals surface area contributed by atoms with Gasteiger partial charge in [-0.3, -0.25) is 0 Å². The van der Waals surface area contributed by atoms with Crippen LogP contribution in [0.25, 0.3) is 65.4 Å². The number of rotatable bonds is 6. The van der Waals surface area contributed by atoms with Crippen LogP contribution in [0.2, 0.25) is 0 Å². The molecule has 0 bridgehead atoms. The lowest BCUT2D eigenvalue weighted by molar-refractivity contribution is 0.590. The molecule has 0 N–H and O–H groups in total. The molecule has 0 fully saturated rings. The van der Waals surface area contributed by atoms with Crippen LogP contribution in [-0.4, -0.2) is 0 Å². The van der Waals surface area contributed by atoms with Crippen LogP contribution >= 0.6 is 22.7 Å². The Kier molecular flexibility index (Phi) is 10.5. The Hall–Kier alpha value is -4.50. The van der Waals surface area contributed by atoms with Crippen LogP contribution in [0.15, 0.2) is 132 Å². The van der Waals surface area contributed by atoms with E-state index in [4.69, 9.17) is 0 Å². The molecule has 5 aromatic carbocycles. The third-order valence-corrected chi connectivity index (χ3v) is 13.0. The normalized spacial score (nSPS) is 12.6. The predicted octanol–water partition coefficient (Wildman–Crippen LogP) is 17.0. The van der Waals surface area contributed by atoms with Gasteiger partial charge in [0.1, 0.15) is 0 Å². The number of hydrogen-bond donors (Lipinski definition) is 0. The second-order valence-electron chi connectivity index (χ2n) is 19.5. The zero-order valence-electron chi connectivity index (χ0n) is 35.5. The Morgan fingerprint density at radius 3 is 0.661 bits per heavy atom. The Bertz CT molecular complexity index is 2230. The van der Waals surface area contributed by atoms with Gasteiger partial charge < -0.3 is 0 Å². The summed E-state index contributed by atoms with van der Waals surface area (Å²) < 4.78 is 0. The van der Waals surface area contributed by atoms with Crippen molar-refractivity contribution in [2.24, 2.45) is 0 Å². The van der Waals surface area contributed by atoms with Crippen molar-refractivity contribution in [1.82, 2.24) is 0 Å². The Balaban J connectivity index is 1.74. The lowest BCUT2D eigenvalue weighted by Crippen LogP contribution is -2.11. The molecule has 2 heterocycles. The third-order valence-electron chi connectivity index (χ3n) is 11.2. The highest BCUT2D eigenvalue weighted by atomic mass is 32.1. The summed E-state index contributed by atoms with van der Waals surface area (Å²) >= 11 is 3.67. The van der Waals surface area contributed by atoms with Crippen molar-refractivity contribution in [2.75, 3.05) is 0 Å². The quantitative estimate of drug-likeness (QED) is 0.158. The smallest absolute Gasteiger partial charge is 0.0355 e. The summed E-state index contributed by atoms with van der Waals surface area (Å²) in [7, 11) is 0. The minimum atomic E-state index is 0.0425. The molecule has 7 aromatic rings. The monoisotopic (exact) mass is 770 g/mol. The summed E-state index contributed by atoms with van der Waals surface area (Å²) in [5.41, 5.74) is 18.1. The Labute approximate surface area is 345 Å². The average Bonchev–Trinajstić information content (AvgIpc) is 3.88. The summed E-state index contributed by atoms with van der Waals surface area (Å²) in [6.45, 7) is 27.6. The van der Waals surface area contributed by atoms with Crippen molar-refractivity contribution >= 4 is 22.7 Å². The highest BCUT2D eigenvalue weighted by Crippen LogP contribution is 2.57. The van der Waals surface area contributed by atoms with E-state index >= 15 is 0 Å². The SMILES string of the molecule is CC(C)(C)c1ccc(-c2c(-c3ccc(C(C)(C)C)cc3)c(-c3ccc(C(C)(C)C)cc3)c(-c3cccs3)c(-c3cccs3)c2-c2ccc(C(C)(C)C)cc2)cc1. The minimum absolute atomic E-state index is 0.0425. The molecule has 56 heavy (non-hydrogen) atoms. The lowest BCUT2D eigenvalue weighted by atomic mass is 9.75. The molecule has 0 atom stereocenters. The van der Waals surface area contributed by atoms with Crippen LogP contribution in [0, 0.1) is 0 Å². The molecule has 0 aliphatic carbocycles. The molecule has 286 valence electrons. The van der Waals surface area contributed by atoms with Crippen molar-refractivity contribution in [3.05, 3.63) is 154 Å². The van der Waals surface area contributed by atoms with Crippen LogP contribution in [0.1, 0.15) is 105 Å². The van der Waals surface area contributed by atoms with E-state index < -0.39 is 0 Å². The molecule has 0 aliphatic heterocycles. The van der Waals surface area contributed by atoms with Crippen LogP contribution in [-0.2, 0) is 21.7 Å². The van der Waals surface area contributed by atoms with E-state index in [-0.39, 0.29) is 21.7 Å². The molecule has 0 saturated heterocycles. The fraction of sp³-hybridized carbons (Fsp3) is 0.296. The van der Waals surface area contributed by atoms with Gasteiger partial charge in [-0.1, -0.05) is 192 Å². The van der Waals surface area contributed by atoms with Gasteiger partial charge in [-0.05, 0) is 111 Å². The largest absolute Gasteiger partial charge is 0.144 e. The van der Waals surface area contributed by atoms with Gasteiger partial charge in [-0.2, -0.15) is 0 Å². The van der Waals surface area contributed by atoms with Crippen molar-refractivity contribution in [2.45, 2.75) is 105 Å². The molecule has 7 rings (SSSR count). The van der Waals surface area contributed by atoms with Gasteiger partial charge in [0.15, 0.2) is 0 Å². The van der Waals surface area contributed by atoms with Crippen LogP contribution in [0.5, 0.6) is 0 Å². The molecule has 0 nitrogen and oxygen atoms in total. The van der Waals surface area contributed by atoms with E-state index in [0.717, 1.165) is 0 Å². The van der Waals surface area contributed by atoms with Crippen LogP contribution < -0.4 is 0 Å². The first-order chi connectivity index (χ1) is 26.3. The summed E-state index contributed by atoms with van der Waals surface area (Å²) in [6.07, 6.45) is 0. The first-order valence-electron chi connectivity index (χ1n) is 20.1. The highest BCUT2D eigenvalue weighted by molar-refractivity contribution is 7.14. The van der Waals surface area contributed by atoms with E-state index in [1.165, 1.54) is 87.6 Å². The summed E-state index contributed by atoms with van der Waals surface area (Å²) in [4.78, 5) is 2.55. The average molecular weight is 771 g/mol. The number of hydrogen-bond acceptors (Lipinski definition) is 2. The second-order valence-corrected chi connectivity index (χ2v) is 21.4. The molecular weight excluding hydrogens is 713 g/mol. The number of benzene rings is 5. The fourth-order valence-electron chi connectivity index (χ4n) is 7.79. The molecule has 0 saturated carbocycles. The van der Waals surface area contributed by atoms with Crippen molar-refractivity contribution < 1.29 is 0 Å². The van der Waals surface area contributed by atoms with Crippen molar-refractivity contribution in [3.8, 4) is 65.4 Å². The third kappa shape index (κ3) is 7.89. The van der Waals surface area contributed by atoms with Crippen molar-refractivity contribution in [3.63, 3.8) is 0 Å². The summed E-state index contributed by atoms with van der Waals surface area (Å²) in [5, 5.41) is 4.46. The van der Waals surface area contributed by atoms with Crippen LogP contribution in [0.4, 0.5) is 0 Å². The van der Waals surface area contributed by atoms with Crippen LogP contribution in [0.3, 0.4) is 0 Å². The second kappa shape index (κ2) is 14.8. The van der Waals surface area contributed by atoms with Gasteiger partial charge in [0, 0.05) is 20.9 Å². The van der Waals surface area contributed by atoms with Gasteiger partial charge in [-0.25, -0.2) is 0 Å². The zero-order valence-corrected chi connectivity index (χ0v) is 37.2. The number of thiophene rings is 2. The molecule has 0 aliphatic rings. The van der Waals surface area contributed by atoms with Crippen molar-refractivity contribution in [1.29, 1.82) is 0 Å². The molecular formula is C54H58S2. The van der Waals surface area contributed by atoms with E-state index in [9.17, 15) is 0 Å². The molecule has 0 radical (unpaired) electrons. The maximum absolute atomic E-state index is 2.38. The van der Waals surface area contributed by atoms with E-state index in [1.807, 2.05) is 22.7 Å². The standard InChI is InChI=1S/C54H58S2/c1-51(2,3)39-25-17-35(18-26-39)45-46(36-19-27-40(28-20-36)52(4,5)6)48(38-23-31-42(32-24-38)54(10,11)12)50(44-16-14-34-56-44)49(43-15-13-33-55-43)47(45)37-21-29-41(30-22-37)53(7,8)9/h13-34H,1-12H3. The van der Waals surface area contributed by atoms with Gasteiger partial charge in [-0.15, -0.1) is 22.7 Å². The molecule has 2 aromatic heterocycles. The molecule has 2 heteroatoms. The fourth-order valence-corrected chi connectivity index (χ4v) is 9.35. The summed E-state index contributed by atoms with van der Waals surface area (Å²) in [6, 6.07) is 46.9. The zero-order chi connectivity index (χ0) is 40.2. The van der Waals surface area contributed by atoms with Gasteiger partial charge >= 0.3 is 0 Å². The summed E-state index contributed by atoms with van der Waals surface area (Å²) in [5.74, 6) is 0. The maximum Gasteiger partial charge on any atom is 0.0355 e. The Morgan fingerprint density at radius 1 is 0.268 bits per heavy atom. The molecule has 0 amide bonds. The van der Waals surface area contributed by atoms with Gasteiger partial charge in [0.25, 0.3) is 0 Å². The topological polar surface area (TPSA) is 0 Å².